The summed E-state index contributed by atoms with van der Waals surface area (Å²) in [6, 6.07) is 10.4. The summed E-state index contributed by atoms with van der Waals surface area (Å²) < 4.78 is 0. The molecule has 1 heterocycles. The van der Waals surface area contributed by atoms with Gasteiger partial charge in [-0.25, -0.2) is 9.97 Å². The number of hydrogen-bond acceptors (Lipinski definition) is 3. The van der Waals surface area contributed by atoms with E-state index < -0.39 is 0 Å². The van der Waals surface area contributed by atoms with E-state index in [1.54, 1.807) is 12.4 Å². The third-order valence-corrected chi connectivity index (χ3v) is 3.10. The van der Waals surface area contributed by atoms with Gasteiger partial charge in [0, 0.05) is 19.4 Å². The molecule has 88 valence electrons. The molecule has 0 saturated heterocycles. The summed E-state index contributed by atoms with van der Waals surface area (Å²) in [6.07, 6.45) is 3.24. The smallest absolute Gasteiger partial charge is 0.171 e. The van der Waals surface area contributed by atoms with Crippen molar-refractivity contribution in [3.63, 3.8) is 0 Å². The number of hydrogen-bond donors (Lipinski definition) is 0. The van der Waals surface area contributed by atoms with Crippen LogP contribution in [-0.2, 0) is 0 Å². The standard InChI is InChI=1S/C13H14ClN3/c1-10(11-6-4-3-5-7-11)17(2)13-12(14)15-8-9-16-13/h3-10H,1-2H3. The van der Waals surface area contributed by atoms with Crippen molar-refractivity contribution in [1.82, 2.24) is 9.97 Å². The molecule has 0 fully saturated rings. The molecule has 2 aromatic rings. The maximum atomic E-state index is 6.04. The fraction of sp³-hybridized carbons (Fsp3) is 0.231. The highest BCUT2D eigenvalue weighted by molar-refractivity contribution is 6.31. The molecular weight excluding hydrogens is 234 g/mol. The van der Waals surface area contributed by atoms with Crippen LogP contribution in [0.15, 0.2) is 42.7 Å². The Morgan fingerprint density at radius 2 is 1.76 bits per heavy atom. The Hall–Kier alpha value is -1.61. The van der Waals surface area contributed by atoms with Crippen molar-refractivity contribution in [2.75, 3.05) is 11.9 Å². The lowest BCUT2D eigenvalue weighted by Gasteiger charge is -2.26. The third-order valence-electron chi connectivity index (χ3n) is 2.83. The van der Waals surface area contributed by atoms with E-state index in [0.717, 1.165) is 0 Å². The van der Waals surface area contributed by atoms with Crippen LogP contribution in [0.25, 0.3) is 0 Å². The zero-order chi connectivity index (χ0) is 12.3. The first-order valence-corrected chi connectivity index (χ1v) is 5.82. The van der Waals surface area contributed by atoms with Gasteiger partial charge in [0.15, 0.2) is 11.0 Å². The minimum atomic E-state index is 0.199. The molecule has 4 heteroatoms. The van der Waals surface area contributed by atoms with Crippen LogP contribution >= 0.6 is 11.6 Å². The van der Waals surface area contributed by atoms with Gasteiger partial charge >= 0.3 is 0 Å². The van der Waals surface area contributed by atoms with E-state index in [9.17, 15) is 0 Å². The van der Waals surface area contributed by atoms with Crippen LogP contribution in [0.3, 0.4) is 0 Å². The van der Waals surface area contributed by atoms with Crippen LogP contribution in [-0.4, -0.2) is 17.0 Å². The zero-order valence-corrected chi connectivity index (χ0v) is 10.6. The third kappa shape index (κ3) is 2.56. The quantitative estimate of drug-likeness (QED) is 0.833. The maximum absolute atomic E-state index is 6.04. The van der Waals surface area contributed by atoms with Gasteiger partial charge in [0.25, 0.3) is 0 Å². The highest BCUT2D eigenvalue weighted by atomic mass is 35.5. The van der Waals surface area contributed by atoms with Crippen molar-refractivity contribution < 1.29 is 0 Å². The predicted octanol–water partition coefficient (Wildman–Crippen LogP) is 3.33. The fourth-order valence-electron chi connectivity index (χ4n) is 1.69. The SMILES string of the molecule is CC(c1ccccc1)N(C)c1nccnc1Cl. The molecule has 0 aliphatic heterocycles. The molecule has 0 amide bonds. The molecule has 0 N–H and O–H groups in total. The van der Waals surface area contributed by atoms with E-state index in [1.165, 1.54) is 5.56 Å². The Labute approximate surface area is 106 Å². The molecule has 0 radical (unpaired) electrons. The maximum Gasteiger partial charge on any atom is 0.171 e. The van der Waals surface area contributed by atoms with Gasteiger partial charge in [-0.1, -0.05) is 41.9 Å². The van der Waals surface area contributed by atoms with E-state index in [1.807, 2.05) is 30.1 Å². The molecule has 17 heavy (non-hydrogen) atoms. The molecule has 0 spiro atoms. The highest BCUT2D eigenvalue weighted by Crippen LogP contribution is 2.27. The Kier molecular flexibility index (Phi) is 3.59. The van der Waals surface area contributed by atoms with Gasteiger partial charge in [0.05, 0.1) is 6.04 Å². The molecule has 2 rings (SSSR count). The largest absolute Gasteiger partial charge is 0.350 e. The first kappa shape index (κ1) is 11.9. The number of aromatic nitrogens is 2. The second-order valence-corrected chi connectivity index (χ2v) is 4.23. The van der Waals surface area contributed by atoms with Crippen LogP contribution in [0.1, 0.15) is 18.5 Å². The van der Waals surface area contributed by atoms with Gasteiger partial charge in [-0.3, -0.25) is 0 Å². The molecule has 3 nitrogen and oxygen atoms in total. The average Bonchev–Trinajstić information content (AvgIpc) is 2.39. The lowest BCUT2D eigenvalue weighted by Crippen LogP contribution is -2.23. The predicted molar refractivity (Wildman–Crippen MR) is 70.3 cm³/mol. The Morgan fingerprint density at radius 3 is 2.41 bits per heavy atom. The molecule has 1 atom stereocenters. The van der Waals surface area contributed by atoms with Crippen LogP contribution in [0.4, 0.5) is 5.82 Å². The van der Waals surface area contributed by atoms with E-state index in [-0.39, 0.29) is 6.04 Å². The second-order valence-electron chi connectivity index (χ2n) is 3.87. The van der Waals surface area contributed by atoms with Crippen LogP contribution in [0.5, 0.6) is 0 Å². The van der Waals surface area contributed by atoms with Gasteiger partial charge in [-0.2, -0.15) is 0 Å². The molecule has 0 aliphatic rings. The summed E-state index contributed by atoms with van der Waals surface area (Å²) in [6.45, 7) is 2.11. The van der Waals surface area contributed by atoms with Crippen LogP contribution < -0.4 is 4.90 Å². The van der Waals surface area contributed by atoms with Crippen molar-refractivity contribution in [3.05, 3.63) is 53.4 Å². The van der Waals surface area contributed by atoms with Crippen LogP contribution in [0, 0.1) is 0 Å². The van der Waals surface area contributed by atoms with E-state index >= 15 is 0 Å². The topological polar surface area (TPSA) is 29.0 Å². The van der Waals surface area contributed by atoms with Gasteiger partial charge in [-0.05, 0) is 12.5 Å². The summed E-state index contributed by atoms with van der Waals surface area (Å²) in [5.74, 6) is 0.700. The molecule has 1 aromatic carbocycles. The Morgan fingerprint density at radius 1 is 1.12 bits per heavy atom. The number of anilines is 1. The average molecular weight is 248 g/mol. The fourth-order valence-corrected chi connectivity index (χ4v) is 1.93. The Bertz CT molecular complexity index is 487. The number of nitrogens with zero attached hydrogens (tertiary/aromatic N) is 3. The van der Waals surface area contributed by atoms with E-state index in [4.69, 9.17) is 11.6 Å². The molecular formula is C13H14ClN3. The highest BCUT2D eigenvalue weighted by Gasteiger charge is 2.15. The van der Waals surface area contributed by atoms with Crippen molar-refractivity contribution in [3.8, 4) is 0 Å². The summed E-state index contributed by atoms with van der Waals surface area (Å²) in [7, 11) is 1.97. The monoisotopic (exact) mass is 247 g/mol. The van der Waals surface area contributed by atoms with E-state index in [0.29, 0.717) is 11.0 Å². The van der Waals surface area contributed by atoms with E-state index in [2.05, 4.69) is 29.0 Å². The molecule has 1 unspecified atom stereocenters. The number of rotatable bonds is 3. The summed E-state index contributed by atoms with van der Waals surface area (Å²) in [4.78, 5) is 10.3. The Balaban J connectivity index is 2.27. The molecule has 0 saturated carbocycles. The molecule has 0 aliphatic carbocycles. The van der Waals surface area contributed by atoms with Gasteiger partial charge in [-0.15, -0.1) is 0 Å². The first-order chi connectivity index (χ1) is 8.20. The van der Waals surface area contributed by atoms with Crippen molar-refractivity contribution >= 4 is 17.4 Å². The van der Waals surface area contributed by atoms with Crippen LogP contribution in [0.2, 0.25) is 5.15 Å². The van der Waals surface area contributed by atoms with Gasteiger partial charge in [0.1, 0.15) is 0 Å². The summed E-state index contributed by atoms with van der Waals surface area (Å²) in [5.41, 5.74) is 1.22. The number of halogens is 1. The zero-order valence-electron chi connectivity index (χ0n) is 9.84. The number of benzene rings is 1. The minimum absolute atomic E-state index is 0.199. The first-order valence-electron chi connectivity index (χ1n) is 5.44. The minimum Gasteiger partial charge on any atom is -0.350 e. The summed E-state index contributed by atoms with van der Waals surface area (Å²) in [5, 5.41) is 0.429. The lowest BCUT2D eigenvalue weighted by molar-refractivity contribution is 0.726. The molecule has 1 aromatic heterocycles. The van der Waals surface area contributed by atoms with Gasteiger partial charge < -0.3 is 4.90 Å². The normalized spacial score (nSPS) is 12.2. The van der Waals surface area contributed by atoms with Crippen molar-refractivity contribution in [1.29, 1.82) is 0 Å². The van der Waals surface area contributed by atoms with Crippen molar-refractivity contribution in [2.45, 2.75) is 13.0 Å². The molecule has 0 bridgehead atoms. The van der Waals surface area contributed by atoms with Crippen molar-refractivity contribution in [2.24, 2.45) is 0 Å². The van der Waals surface area contributed by atoms with Gasteiger partial charge in [0.2, 0.25) is 0 Å². The lowest BCUT2D eigenvalue weighted by atomic mass is 10.1. The summed E-state index contributed by atoms with van der Waals surface area (Å²) >= 11 is 6.04. The second kappa shape index (κ2) is 5.15.